The number of anilines is 1. The molecule has 2 N–H and O–H groups in total. The third kappa shape index (κ3) is 1.41. The number of hydrogen-bond acceptors (Lipinski definition) is 3. The lowest BCUT2D eigenvalue weighted by Gasteiger charge is -1.90. The van der Waals surface area contributed by atoms with Crippen LogP contribution in [0.25, 0.3) is 0 Å². The molecule has 0 amide bonds. The van der Waals surface area contributed by atoms with E-state index >= 15 is 0 Å². The Bertz CT molecular complexity index is 269. The van der Waals surface area contributed by atoms with Crippen molar-refractivity contribution in [3.8, 4) is 0 Å². The molecule has 4 nitrogen and oxygen atoms in total. The van der Waals surface area contributed by atoms with Crippen LogP contribution >= 0.6 is 22.9 Å². The van der Waals surface area contributed by atoms with Gasteiger partial charge >= 0.3 is 5.69 Å². The van der Waals surface area contributed by atoms with Crippen molar-refractivity contribution in [2.45, 2.75) is 0 Å². The molecule has 0 fully saturated rings. The fourth-order valence-corrected chi connectivity index (χ4v) is 0.670. The molecule has 0 aliphatic rings. The Labute approximate surface area is 65.2 Å². The van der Waals surface area contributed by atoms with Gasteiger partial charge in [-0.2, -0.15) is 4.98 Å². The maximum Gasteiger partial charge on any atom is 0.358 e. The third-order valence-corrected chi connectivity index (χ3v) is 1.52. The van der Waals surface area contributed by atoms with Crippen LogP contribution in [0.1, 0.15) is 0 Å². The molecule has 1 rings (SSSR count). The number of hydrogen-bond donors (Lipinski definition) is 1. The Hall–Kier alpha value is -0.590. The molecule has 0 aliphatic heterocycles. The summed E-state index contributed by atoms with van der Waals surface area (Å²) in [7, 11) is 0. The number of nitrogens with two attached hydrogens (primary N) is 1. The average Bonchev–Trinajstić information content (AvgIpc) is 1.80. The van der Waals surface area contributed by atoms with E-state index in [1.54, 1.807) is 12.3 Å². The Kier molecular flexibility index (Phi) is 1.70. The molecule has 0 aliphatic carbocycles. The number of halogens is 1. The van der Waals surface area contributed by atoms with Gasteiger partial charge in [0.05, 0.1) is 22.9 Å². The van der Waals surface area contributed by atoms with Crippen LogP contribution in [0.2, 0.25) is 0 Å². The molecule has 0 radical (unpaired) electrons. The molecule has 0 spiro atoms. The predicted octanol–water partition coefficient (Wildman–Crippen LogP) is 0.0236. The molecule has 1 aromatic rings. The fraction of sp³-hybridized carbons (Fsp3) is 0. The van der Waals surface area contributed by atoms with E-state index in [2.05, 4.69) is 4.98 Å². The predicted molar refractivity (Wildman–Crippen MR) is 42.3 cm³/mol. The molecule has 1 aromatic heterocycles. The summed E-state index contributed by atoms with van der Waals surface area (Å²) in [6, 6.07) is 1.56. The Morgan fingerprint density at radius 2 is 2.44 bits per heavy atom. The van der Waals surface area contributed by atoms with E-state index in [4.69, 9.17) is 5.73 Å². The van der Waals surface area contributed by atoms with Gasteiger partial charge in [0.2, 0.25) is 0 Å². The summed E-state index contributed by atoms with van der Waals surface area (Å²) in [4.78, 5) is 14.1. The minimum absolute atomic E-state index is 0.257. The molecule has 9 heavy (non-hydrogen) atoms. The summed E-state index contributed by atoms with van der Waals surface area (Å²) in [5.41, 5.74) is 4.86. The maximum absolute atomic E-state index is 10.6. The summed E-state index contributed by atoms with van der Waals surface area (Å²) < 4.78 is 1.33. The molecule has 0 unspecified atom stereocenters. The van der Waals surface area contributed by atoms with Gasteiger partial charge in [0, 0.05) is 6.20 Å². The minimum atomic E-state index is -0.337. The highest BCUT2D eigenvalue weighted by molar-refractivity contribution is 14.1. The number of nitrogen functional groups attached to an aromatic ring is 1. The number of rotatable bonds is 0. The van der Waals surface area contributed by atoms with Gasteiger partial charge in [-0.05, 0) is 6.07 Å². The zero-order chi connectivity index (χ0) is 6.85. The van der Waals surface area contributed by atoms with Crippen molar-refractivity contribution >= 4 is 28.7 Å². The van der Waals surface area contributed by atoms with Crippen molar-refractivity contribution in [1.29, 1.82) is 0 Å². The molecule has 5 heteroatoms. The maximum atomic E-state index is 10.6. The van der Waals surface area contributed by atoms with Gasteiger partial charge < -0.3 is 5.73 Å². The normalized spacial score (nSPS) is 9.44. The zero-order valence-electron chi connectivity index (χ0n) is 4.41. The van der Waals surface area contributed by atoms with Crippen LogP contribution in [0.4, 0.5) is 5.82 Å². The van der Waals surface area contributed by atoms with Crippen molar-refractivity contribution in [2.24, 2.45) is 0 Å². The van der Waals surface area contributed by atoms with Crippen molar-refractivity contribution in [3.63, 3.8) is 0 Å². The van der Waals surface area contributed by atoms with Crippen molar-refractivity contribution in [2.75, 3.05) is 5.73 Å². The Morgan fingerprint density at radius 3 is 2.89 bits per heavy atom. The van der Waals surface area contributed by atoms with Gasteiger partial charge in [-0.25, -0.2) is 7.58 Å². The SMILES string of the molecule is Nc1ccn(I)c(=O)n1. The quantitative estimate of drug-likeness (QED) is 0.647. The summed E-state index contributed by atoms with van der Waals surface area (Å²) in [5, 5.41) is 0. The average molecular weight is 237 g/mol. The number of aromatic nitrogens is 2. The first-order valence-electron chi connectivity index (χ1n) is 2.21. The van der Waals surface area contributed by atoms with Crippen molar-refractivity contribution in [3.05, 3.63) is 22.7 Å². The van der Waals surface area contributed by atoms with Crippen LogP contribution in [0.15, 0.2) is 17.1 Å². The van der Waals surface area contributed by atoms with Crippen LogP contribution < -0.4 is 11.4 Å². The molecule has 0 saturated heterocycles. The highest BCUT2D eigenvalue weighted by Crippen LogP contribution is 1.91. The Morgan fingerprint density at radius 1 is 1.78 bits per heavy atom. The zero-order valence-corrected chi connectivity index (χ0v) is 6.57. The van der Waals surface area contributed by atoms with E-state index in [9.17, 15) is 4.79 Å². The topological polar surface area (TPSA) is 60.9 Å². The summed E-state index contributed by atoms with van der Waals surface area (Å²) in [6.45, 7) is 0. The van der Waals surface area contributed by atoms with E-state index in [-0.39, 0.29) is 11.5 Å². The lowest BCUT2D eigenvalue weighted by Crippen LogP contribution is -2.16. The number of nitrogens with zero attached hydrogens (tertiary/aromatic N) is 2. The van der Waals surface area contributed by atoms with E-state index < -0.39 is 0 Å². The van der Waals surface area contributed by atoms with Crippen LogP contribution in [0, 0.1) is 0 Å². The molecule has 0 saturated carbocycles. The van der Waals surface area contributed by atoms with E-state index in [1.165, 1.54) is 2.78 Å². The van der Waals surface area contributed by atoms with Crippen LogP contribution in [0.3, 0.4) is 0 Å². The molecular weight excluding hydrogens is 233 g/mol. The third-order valence-electron chi connectivity index (χ3n) is 0.784. The first-order chi connectivity index (χ1) is 4.20. The van der Waals surface area contributed by atoms with E-state index in [1.807, 2.05) is 22.9 Å². The van der Waals surface area contributed by atoms with Gasteiger partial charge in [0.1, 0.15) is 5.82 Å². The standard InChI is InChI=1S/C4H4IN3O/c5-8-2-1-3(6)7-4(8)9/h1-2H,(H2,6,7,9). The van der Waals surface area contributed by atoms with Crippen LogP contribution in [0.5, 0.6) is 0 Å². The van der Waals surface area contributed by atoms with Crippen molar-refractivity contribution in [1.82, 2.24) is 7.76 Å². The molecular formula is C4H4IN3O. The van der Waals surface area contributed by atoms with Gasteiger partial charge in [-0.1, -0.05) is 0 Å². The molecule has 1 heterocycles. The second-order valence-electron chi connectivity index (χ2n) is 1.45. The van der Waals surface area contributed by atoms with Gasteiger partial charge in [0.15, 0.2) is 0 Å². The largest absolute Gasteiger partial charge is 0.383 e. The highest BCUT2D eigenvalue weighted by atomic mass is 127. The summed E-state index contributed by atoms with van der Waals surface area (Å²) in [5.74, 6) is 0.257. The van der Waals surface area contributed by atoms with Crippen LogP contribution in [-0.2, 0) is 0 Å². The minimum Gasteiger partial charge on any atom is -0.383 e. The van der Waals surface area contributed by atoms with Crippen LogP contribution in [-0.4, -0.2) is 7.76 Å². The molecule has 0 atom stereocenters. The smallest absolute Gasteiger partial charge is 0.358 e. The monoisotopic (exact) mass is 237 g/mol. The van der Waals surface area contributed by atoms with Crippen molar-refractivity contribution < 1.29 is 0 Å². The summed E-state index contributed by atoms with van der Waals surface area (Å²) >= 11 is 1.83. The van der Waals surface area contributed by atoms with E-state index in [0.29, 0.717) is 0 Å². The molecule has 48 valence electrons. The lowest BCUT2D eigenvalue weighted by molar-refractivity contribution is 1.06. The molecule has 0 bridgehead atoms. The molecule has 0 aromatic carbocycles. The van der Waals surface area contributed by atoms with Gasteiger partial charge in [0.25, 0.3) is 0 Å². The van der Waals surface area contributed by atoms with Gasteiger partial charge in [-0.15, -0.1) is 0 Å². The first kappa shape index (κ1) is 6.53. The first-order valence-corrected chi connectivity index (χ1v) is 3.18. The highest BCUT2D eigenvalue weighted by Gasteiger charge is 1.90. The van der Waals surface area contributed by atoms with Gasteiger partial charge in [-0.3, -0.25) is 0 Å². The van der Waals surface area contributed by atoms with E-state index in [0.717, 1.165) is 0 Å². The fourth-order valence-electron chi connectivity index (χ4n) is 0.401. The lowest BCUT2D eigenvalue weighted by atomic mass is 10.6. The Balaban J connectivity index is 3.34. The second kappa shape index (κ2) is 2.34. The summed E-state index contributed by atoms with van der Waals surface area (Å²) in [6.07, 6.45) is 1.56. The second-order valence-corrected chi connectivity index (χ2v) is 2.49.